The Balaban J connectivity index is 1.88. The molecule has 0 bridgehead atoms. The third-order valence-electron chi connectivity index (χ3n) is 5.43. The van der Waals surface area contributed by atoms with E-state index in [4.69, 9.17) is 5.73 Å². The van der Waals surface area contributed by atoms with Crippen molar-refractivity contribution in [1.29, 1.82) is 0 Å². The molecule has 1 amide bonds. The number of amides is 1. The lowest BCUT2D eigenvalue weighted by molar-refractivity contribution is -0.138. The summed E-state index contributed by atoms with van der Waals surface area (Å²) in [6, 6.07) is 0.556. The lowest BCUT2D eigenvalue weighted by atomic mass is 9.81. The Morgan fingerprint density at radius 1 is 1.11 bits per heavy atom. The van der Waals surface area contributed by atoms with E-state index in [0.29, 0.717) is 11.9 Å². The molecule has 2 rings (SSSR count). The Morgan fingerprint density at radius 3 is 2.32 bits per heavy atom. The van der Waals surface area contributed by atoms with E-state index in [0.717, 1.165) is 18.8 Å². The molecule has 19 heavy (non-hydrogen) atoms. The first-order chi connectivity index (χ1) is 9.13. The van der Waals surface area contributed by atoms with E-state index in [-0.39, 0.29) is 12.0 Å². The monoisotopic (exact) mass is 266 g/mol. The molecule has 2 aliphatic carbocycles. The van der Waals surface area contributed by atoms with E-state index in [9.17, 15) is 4.79 Å². The predicted octanol–water partition coefficient (Wildman–Crippen LogP) is 2.93. The van der Waals surface area contributed by atoms with Crippen LogP contribution in [0.4, 0.5) is 0 Å². The van der Waals surface area contributed by atoms with Gasteiger partial charge >= 0.3 is 0 Å². The summed E-state index contributed by atoms with van der Waals surface area (Å²) < 4.78 is 0. The second-order valence-electron chi connectivity index (χ2n) is 6.59. The molecule has 0 aromatic rings. The molecule has 2 atom stereocenters. The van der Waals surface area contributed by atoms with Gasteiger partial charge in [0.1, 0.15) is 0 Å². The number of carbonyl (C=O) groups is 1. The molecular formula is C16H30N2O. The highest BCUT2D eigenvalue weighted by atomic mass is 16.2. The largest absolute Gasteiger partial charge is 0.342 e. The molecular weight excluding hydrogens is 236 g/mol. The number of nitrogens with zero attached hydrogens (tertiary/aromatic N) is 1. The summed E-state index contributed by atoms with van der Waals surface area (Å²) in [6.07, 6.45) is 10.6. The van der Waals surface area contributed by atoms with Gasteiger partial charge in [-0.25, -0.2) is 0 Å². The smallest absolute Gasteiger partial charge is 0.227 e. The summed E-state index contributed by atoms with van der Waals surface area (Å²) in [5, 5.41) is 0. The summed E-state index contributed by atoms with van der Waals surface area (Å²) in [5.41, 5.74) is 6.14. The van der Waals surface area contributed by atoms with Gasteiger partial charge in [0.05, 0.1) is 5.92 Å². The van der Waals surface area contributed by atoms with Gasteiger partial charge in [-0.1, -0.05) is 26.2 Å². The van der Waals surface area contributed by atoms with E-state index < -0.39 is 0 Å². The van der Waals surface area contributed by atoms with Crippen LogP contribution in [0.2, 0.25) is 0 Å². The molecule has 2 aliphatic rings. The quantitative estimate of drug-likeness (QED) is 0.853. The number of rotatable bonds is 3. The van der Waals surface area contributed by atoms with Gasteiger partial charge in [0, 0.05) is 19.1 Å². The minimum atomic E-state index is 0.0858. The Hall–Kier alpha value is -0.570. The van der Waals surface area contributed by atoms with Crippen LogP contribution in [0.5, 0.6) is 0 Å². The summed E-state index contributed by atoms with van der Waals surface area (Å²) >= 11 is 0. The van der Waals surface area contributed by atoms with Crippen LogP contribution in [0.25, 0.3) is 0 Å². The highest BCUT2D eigenvalue weighted by molar-refractivity contribution is 5.79. The number of hydrogen-bond donors (Lipinski definition) is 1. The maximum Gasteiger partial charge on any atom is 0.227 e. The maximum absolute atomic E-state index is 12.6. The third-order valence-corrected chi connectivity index (χ3v) is 5.43. The molecule has 2 saturated carbocycles. The lowest BCUT2D eigenvalue weighted by Crippen LogP contribution is -2.48. The van der Waals surface area contributed by atoms with E-state index in [2.05, 4.69) is 6.92 Å². The van der Waals surface area contributed by atoms with Crippen molar-refractivity contribution in [2.24, 2.45) is 17.6 Å². The molecule has 2 fully saturated rings. The molecule has 0 aliphatic heterocycles. The van der Waals surface area contributed by atoms with Crippen LogP contribution in [0.1, 0.15) is 64.7 Å². The highest BCUT2D eigenvalue weighted by Crippen LogP contribution is 2.31. The molecule has 0 heterocycles. The van der Waals surface area contributed by atoms with Crippen LogP contribution >= 0.6 is 0 Å². The minimum absolute atomic E-state index is 0.0858. The van der Waals surface area contributed by atoms with Crippen molar-refractivity contribution in [3.05, 3.63) is 0 Å². The first kappa shape index (κ1) is 14.8. The van der Waals surface area contributed by atoms with Crippen LogP contribution in [0, 0.1) is 11.8 Å². The van der Waals surface area contributed by atoms with E-state index >= 15 is 0 Å². The third kappa shape index (κ3) is 3.50. The molecule has 0 spiro atoms. The van der Waals surface area contributed by atoms with Crippen molar-refractivity contribution in [3.63, 3.8) is 0 Å². The van der Waals surface area contributed by atoms with E-state index in [1.54, 1.807) is 0 Å². The second kappa shape index (κ2) is 6.74. The van der Waals surface area contributed by atoms with Gasteiger partial charge in [0.15, 0.2) is 0 Å². The second-order valence-corrected chi connectivity index (χ2v) is 6.59. The zero-order chi connectivity index (χ0) is 13.8. The maximum atomic E-state index is 12.6. The van der Waals surface area contributed by atoms with Gasteiger partial charge < -0.3 is 10.6 Å². The first-order valence-corrected chi connectivity index (χ1v) is 8.15. The van der Waals surface area contributed by atoms with Crippen molar-refractivity contribution in [2.45, 2.75) is 76.8 Å². The zero-order valence-corrected chi connectivity index (χ0v) is 12.6. The summed E-state index contributed by atoms with van der Waals surface area (Å²) in [7, 11) is 2.00. The van der Waals surface area contributed by atoms with Gasteiger partial charge in [-0.05, 0) is 44.4 Å². The average Bonchev–Trinajstić information content (AvgIpc) is 2.46. The summed E-state index contributed by atoms with van der Waals surface area (Å²) in [6.45, 7) is 2.28. The fourth-order valence-corrected chi connectivity index (χ4v) is 3.85. The average molecular weight is 266 g/mol. The Labute approximate surface area is 117 Å². The lowest BCUT2D eigenvalue weighted by Gasteiger charge is -2.38. The molecule has 0 aromatic heterocycles. The Kier molecular flexibility index (Phi) is 5.26. The summed E-state index contributed by atoms with van der Waals surface area (Å²) in [4.78, 5) is 14.6. The van der Waals surface area contributed by atoms with Crippen LogP contribution in [0.3, 0.4) is 0 Å². The Bertz CT molecular complexity index is 297. The van der Waals surface area contributed by atoms with Crippen LogP contribution < -0.4 is 5.73 Å². The summed E-state index contributed by atoms with van der Waals surface area (Å²) in [5.74, 6) is 1.28. The van der Waals surface area contributed by atoms with E-state index in [1.165, 1.54) is 44.9 Å². The van der Waals surface area contributed by atoms with Gasteiger partial charge in [0.25, 0.3) is 0 Å². The molecule has 2 unspecified atom stereocenters. The Morgan fingerprint density at radius 2 is 1.74 bits per heavy atom. The first-order valence-electron chi connectivity index (χ1n) is 8.15. The van der Waals surface area contributed by atoms with Gasteiger partial charge in [-0.2, -0.15) is 0 Å². The predicted molar refractivity (Wildman–Crippen MR) is 78.7 cm³/mol. The zero-order valence-electron chi connectivity index (χ0n) is 12.6. The van der Waals surface area contributed by atoms with Crippen molar-refractivity contribution in [3.8, 4) is 0 Å². The fourth-order valence-electron chi connectivity index (χ4n) is 3.85. The number of hydrogen-bond acceptors (Lipinski definition) is 2. The van der Waals surface area contributed by atoms with Crippen molar-refractivity contribution < 1.29 is 4.79 Å². The molecule has 3 nitrogen and oxygen atoms in total. The molecule has 0 aromatic carbocycles. The molecule has 110 valence electrons. The van der Waals surface area contributed by atoms with Crippen molar-refractivity contribution >= 4 is 5.91 Å². The van der Waals surface area contributed by atoms with Gasteiger partial charge in [-0.15, -0.1) is 0 Å². The SMILES string of the molecule is CCC1CCC(N(C)C(=O)C2CCCCC2N)CC1. The van der Waals surface area contributed by atoms with Crippen molar-refractivity contribution in [1.82, 2.24) is 4.90 Å². The topological polar surface area (TPSA) is 46.3 Å². The minimum Gasteiger partial charge on any atom is -0.342 e. The highest BCUT2D eigenvalue weighted by Gasteiger charge is 2.33. The van der Waals surface area contributed by atoms with Crippen LogP contribution in [-0.4, -0.2) is 29.9 Å². The number of nitrogens with two attached hydrogens (primary N) is 1. The standard InChI is InChI=1S/C16H30N2O/c1-3-12-8-10-13(11-9-12)18(2)16(19)14-6-4-5-7-15(14)17/h12-15H,3-11,17H2,1-2H3. The molecule has 3 heteroatoms. The van der Waals surface area contributed by atoms with Crippen molar-refractivity contribution in [2.75, 3.05) is 7.05 Å². The molecule has 0 saturated heterocycles. The van der Waals surface area contributed by atoms with Gasteiger partial charge in [0.2, 0.25) is 5.91 Å². The van der Waals surface area contributed by atoms with Gasteiger partial charge in [-0.3, -0.25) is 4.79 Å². The van der Waals surface area contributed by atoms with E-state index in [1.807, 2.05) is 11.9 Å². The molecule has 2 N–H and O–H groups in total. The molecule has 0 radical (unpaired) electrons. The normalized spacial score (nSPS) is 35.9. The van der Waals surface area contributed by atoms with Crippen LogP contribution in [0.15, 0.2) is 0 Å². The number of carbonyl (C=O) groups excluding carboxylic acids is 1. The van der Waals surface area contributed by atoms with Crippen LogP contribution in [-0.2, 0) is 4.79 Å². The fraction of sp³-hybridized carbons (Fsp3) is 0.938.